The molecular weight excluding hydrogens is 516 g/mol. The van der Waals surface area contributed by atoms with E-state index in [1.165, 1.54) is 27.7 Å². The molecule has 35 heavy (non-hydrogen) atoms. The summed E-state index contributed by atoms with van der Waals surface area (Å²) in [7, 11) is 0. The molecule has 0 radical (unpaired) electrons. The molecule has 15 heteroatoms. The lowest BCUT2D eigenvalue weighted by molar-refractivity contribution is -0.399. The molecule has 0 bridgehead atoms. The Kier molecular flexibility index (Phi) is 8.86. The van der Waals surface area contributed by atoms with Gasteiger partial charge in [0, 0.05) is 11.8 Å². The minimum absolute atomic E-state index is 0.744. The summed E-state index contributed by atoms with van der Waals surface area (Å²) >= 11 is 0. The molecule has 0 aromatic rings. The van der Waals surface area contributed by atoms with Crippen molar-refractivity contribution in [1.29, 1.82) is 0 Å². The second kappa shape index (κ2) is 9.81. The first kappa shape index (κ1) is 31.6. The molecule has 0 heterocycles. The van der Waals surface area contributed by atoms with Crippen molar-refractivity contribution in [2.24, 2.45) is 29.6 Å². The molecule has 208 valence electrons. The normalized spacial score (nSPS) is 21.7. The molecule has 3 nitrogen and oxygen atoms in total. The number of carbonyl (C=O) groups excluding carboxylic acids is 1. The summed E-state index contributed by atoms with van der Waals surface area (Å²) in [6, 6.07) is 0. The maximum Gasteiger partial charge on any atom is 0.437 e. The maximum absolute atomic E-state index is 14.0. The number of hydrogen-bond acceptors (Lipinski definition) is 3. The Balaban J connectivity index is 3.49. The van der Waals surface area contributed by atoms with E-state index < -0.39 is 97.1 Å². The van der Waals surface area contributed by atoms with Gasteiger partial charge >= 0.3 is 36.3 Å². The largest absolute Gasteiger partial charge is 0.439 e. The van der Waals surface area contributed by atoms with Crippen molar-refractivity contribution in [1.82, 2.24) is 0 Å². The fourth-order valence-electron chi connectivity index (χ4n) is 4.90. The number of ether oxygens (including phenoxy) is 1. The van der Waals surface area contributed by atoms with Gasteiger partial charge in [0.1, 0.15) is 0 Å². The average Bonchev–Trinajstić information content (AvgIpc) is 2.61. The fraction of sp³-hybridized carbons (Fsp3) is 0.950. The summed E-state index contributed by atoms with van der Waals surface area (Å²) in [5, 5.41) is 9.48. The number of hydrogen-bond donors (Lipinski definition) is 1. The third kappa shape index (κ3) is 5.63. The van der Waals surface area contributed by atoms with Crippen LogP contribution in [-0.4, -0.2) is 47.0 Å². The summed E-state index contributed by atoms with van der Waals surface area (Å²) in [6.45, 7) is 5.42. The number of aliphatic hydroxyl groups is 1. The monoisotopic (exact) mass is 542 g/mol. The summed E-state index contributed by atoms with van der Waals surface area (Å²) < 4.78 is 167. The van der Waals surface area contributed by atoms with Gasteiger partial charge in [-0.1, -0.05) is 27.7 Å². The molecule has 0 aliphatic heterocycles. The van der Waals surface area contributed by atoms with E-state index in [1.807, 2.05) is 0 Å². The summed E-state index contributed by atoms with van der Waals surface area (Å²) in [5.74, 6) is -10.2. The minimum atomic E-state index is -6.29. The fourth-order valence-corrected chi connectivity index (χ4v) is 4.90. The number of alkyl halides is 12. The molecule has 1 saturated carbocycles. The van der Waals surface area contributed by atoms with Crippen molar-refractivity contribution in [3.8, 4) is 0 Å². The lowest BCUT2D eigenvalue weighted by atomic mass is 9.67. The number of carbonyl (C=O) groups is 1. The highest BCUT2D eigenvalue weighted by Gasteiger charge is 2.79. The van der Waals surface area contributed by atoms with Crippen LogP contribution in [0.15, 0.2) is 0 Å². The topological polar surface area (TPSA) is 46.5 Å². The Bertz CT molecular complexity index is 690. The molecular formula is C20H26F12O3. The van der Waals surface area contributed by atoms with Crippen LogP contribution in [0.1, 0.15) is 53.4 Å². The highest BCUT2D eigenvalue weighted by molar-refractivity contribution is 5.73. The molecule has 0 aromatic carbocycles. The Morgan fingerprint density at radius 2 is 0.971 bits per heavy atom. The lowest BCUT2D eigenvalue weighted by Crippen LogP contribution is -2.66. The zero-order chi connectivity index (χ0) is 28.0. The van der Waals surface area contributed by atoms with Crippen molar-refractivity contribution < 1.29 is 67.3 Å². The van der Waals surface area contributed by atoms with E-state index in [2.05, 4.69) is 4.74 Å². The zero-order valence-electron chi connectivity index (χ0n) is 19.0. The average molecular weight is 542 g/mol. The first-order valence-electron chi connectivity index (χ1n) is 10.6. The van der Waals surface area contributed by atoms with E-state index in [0.29, 0.717) is 0 Å². The van der Waals surface area contributed by atoms with Crippen LogP contribution in [0, 0.1) is 29.6 Å². The van der Waals surface area contributed by atoms with Gasteiger partial charge in [0.15, 0.2) is 0 Å². The third-order valence-corrected chi connectivity index (χ3v) is 6.57. The minimum Gasteiger partial charge on any atom is -0.439 e. The van der Waals surface area contributed by atoms with Crippen LogP contribution in [-0.2, 0) is 9.53 Å². The first-order chi connectivity index (χ1) is 15.4. The highest BCUT2D eigenvalue weighted by Crippen LogP contribution is 2.58. The number of rotatable bonds is 6. The Hall–Kier alpha value is -1.41. The van der Waals surface area contributed by atoms with Crippen LogP contribution in [0.25, 0.3) is 0 Å². The van der Waals surface area contributed by atoms with E-state index >= 15 is 0 Å². The van der Waals surface area contributed by atoms with Crippen LogP contribution < -0.4 is 0 Å². The zero-order valence-corrected chi connectivity index (χ0v) is 19.0. The van der Waals surface area contributed by atoms with Crippen molar-refractivity contribution >= 4 is 5.97 Å². The smallest absolute Gasteiger partial charge is 0.437 e. The molecule has 0 saturated heterocycles. The van der Waals surface area contributed by atoms with Crippen LogP contribution in [0.5, 0.6) is 0 Å². The Labute approximate surface area is 193 Å². The maximum atomic E-state index is 14.0. The van der Waals surface area contributed by atoms with Crippen LogP contribution in [0.4, 0.5) is 52.7 Å². The molecule has 1 N–H and O–H groups in total. The van der Waals surface area contributed by atoms with Gasteiger partial charge in [0.05, 0.1) is 5.92 Å². The second-order valence-electron chi connectivity index (χ2n) is 9.48. The lowest BCUT2D eigenvalue weighted by Gasteiger charge is -2.47. The predicted molar refractivity (Wildman–Crippen MR) is 96.6 cm³/mol. The van der Waals surface area contributed by atoms with Crippen molar-refractivity contribution in [3.63, 3.8) is 0 Å². The highest BCUT2D eigenvalue weighted by atomic mass is 19.4. The van der Waals surface area contributed by atoms with E-state index in [0.717, 1.165) is 0 Å². The Morgan fingerprint density at radius 3 is 1.23 bits per heavy atom. The number of esters is 1. The molecule has 1 aliphatic rings. The number of halogens is 12. The van der Waals surface area contributed by atoms with E-state index in [-0.39, 0.29) is 0 Å². The van der Waals surface area contributed by atoms with E-state index in [1.54, 1.807) is 0 Å². The summed E-state index contributed by atoms with van der Waals surface area (Å²) in [6.07, 6.45) is -31.1. The van der Waals surface area contributed by atoms with Gasteiger partial charge in [-0.25, -0.2) is 0 Å². The molecule has 1 rings (SSSR count). The van der Waals surface area contributed by atoms with Gasteiger partial charge in [0.2, 0.25) is 0 Å². The van der Waals surface area contributed by atoms with Gasteiger partial charge in [-0.05, 0) is 37.5 Å². The van der Waals surface area contributed by atoms with Gasteiger partial charge < -0.3 is 9.84 Å². The quantitative estimate of drug-likeness (QED) is 0.291. The van der Waals surface area contributed by atoms with Crippen LogP contribution >= 0.6 is 0 Å². The first-order valence-corrected chi connectivity index (χ1v) is 10.6. The Morgan fingerprint density at radius 1 is 0.657 bits per heavy atom. The molecule has 0 unspecified atom stereocenters. The van der Waals surface area contributed by atoms with Crippen molar-refractivity contribution in [2.75, 3.05) is 0 Å². The van der Waals surface area contributed by atoms with Gasteiger partial charge in [-0.2, -0.15) is 52.7 Å². The van der Waals surface area contributed by atoms with E-state index in [9.17, 15) is 62.6 Å². The van der Waals surface area contributed by atoms with Gasteiger partial charge in [-0.15, -0.1) is 0 Å². The summed E-state index contributed by atoms with van der Waals surface area (Å²) in [5.41, 5.74) is -10.5. The SMILES string of the molecule is CC(C)C(C(=O)OC(C1CCC(C(O)(C(F)(F)F)C(F)(F)F)CC1)(C(F)(F)F)C(F)(F)F)C(C)C. The van der Waals surface area contributed by atoms with Crippen LogP contribution in [0.2, 0.25) is 0 Å². The van der Waals surface area contributed by atoms with E-state index in [4.69, 9.17) is 0 Å². The molecule has 1 fully saturated rings. The van der Waals surface area contributed by atoms with Crippen molar-refractivity contribution in [2.45, 2.75) is 89.3 Å². The standard InChI is InChI=1S/C20H26F12O3/c1-9(2)13(10(3)4)14(33)35-16(19(27,28)29,20(30,31)32)12-7-5-11(6-8-12)15(34,17(21,22)23)18(24,25)26/h9-13,34H,5-8H2,1-4H3. The predicted octanol–water partition coefficient (Wildman–Crippen LogP) is 6.98. The van der Waals surface area contributed by atoms with Crippen LogP contribution in [0.3, 0.4) is 0 Å². The third-order valence-electron chi connectivity index (χ3n) is 6.57. The molecule has 0 amide bonds. The second-order valence-corrected chi connectivity index (χ2v) is 9.48. The molecule has 0 spiro atoms. The van der Waals surface area contributed by atoms with Gasteiger partial charge in [-0.3, -0.25) is 4.79 Å². The molecule has 0 atom stereocenters. The van der Waals surface area contributed by atoms with Gasteiger partial charge in [0.25, 0.3) is 5.60 Å². The van der Waals surface area contributed by atoms with Crippen molar-refractivity contribution in [3.05, 3.63) is 0 Å². The molecule has 0 aromatic heterocycles. The molecule has 1 aliphatic carbocycles. The summed E-state index contributed by atoms with van der Waals surface area (Å²) in [4.78, 5) is 12.5.